The number of benzene rings is 1. The van der Waals surface area contributed by atoms with E-state index in [1.54, 1.807) is 6.07 Å². The lowest BCUT2D eigenvalue weighted by Gasteiger charge is -2.00. The van der Waals surface area contributed by atoms with Gasteiger partial charge in [-0.2, -0.15) is 0 Å². The lowest BCUT2D eigenvalue weighted by Crippen LogP contribution is -2.10. The molecule has 4 heteroatoms. The first-order chi connectivity index (χ1) is 5.11. The highest BCUT2D eigenvalue weighted by Gasteiger charge is 1.99. The van der Waals surface area contributed by atoms with Crippen LogP contribution in [0.3, 0.4) is 0 Å². The summed E-state index contributed by atoms with van der Waals surface area (Å²) in [5.74, 6) is -0.127. The van der Waals surface area contributed by atoms with Crippen molar-refractivity contribution in [2.45, 2.75) is 0 Å². The van der Waals surface area contributed by atoms with Crippen molar-refractivity contribution >= 4 is 11.5 Å². The Hall–Kier alpha value is -1.71. The number of nitrogen functional groups attached to an aromatic ring is 2. The van der Waals surface area contributed by atoms with Crippen LogP contribution < -0.4 is 11.5 Å². The van der Waals surface area contributed by atoms with Gasteiger partial charge in [-0.05, 0) is 18.2 Å². The Morgan fingerprint density at radius 3 is 2.55 bits per heavy atom. The molecule has 0 atom stereocenters. The van der Waals surface area contributed by atoms with Gasteiger partial charge in [0, 0.05) is 5.56 Å². The van der Waals surface area contributed by atoms with Gasteiger partial charge in [0.25, 0.3) is 0 Å². The topological polar surface area (TPSA) is 96.1 Å². The van der Waals surface area contributed by atoms with Crippen LogP contribution in [0.1, 0.15) is 5.56 Å². The van der Waals surface area contributed by atoms with E-state index in [9.17, 15) is 0 Å². The Morgan fingerprint density at radius 2 is 2.09 bits per heavy atom. The fourth-order valence-corrected chi connectivity index (χ4v) is 0.711. The quantitative estimate of drug-likeness (QED) is 0.200. The molecule has 58 valence electrons. The van der Waals surface area contributed by atoms with Gasteiger partial charge in [-0.25, -0.2) is 0 Å². The van der Waals surface area contributed by atoms with Crippen molar-refractivity contribution in [1.82, 2.24) is 0 Å². The predicted octanol–water partition coefficient (Wildman–Crippen LogP) is 0.258. The summed E-state index contributed by atoms with van der Waals surface area (Å²) < 4.78 is 0. The molecule has 0 unspecified atom stereocenters. The first kappa shape index (κ1) is 7.40. The minimum atomic E-state index is -0.0831. The number of phenols is 1. The lowest BCUT2D eigenvalue weighted by atomic mass is 10.2. The minimum absolute atomic E-state index is 0.0438. The second-order valence-electron chi connectivity index (χ2n) is 2.19. The van der Waals surface area contributed by atoms with Crippen LogP contribution in [0.15, 0.2) is 18.2 Å². The monoisotopic (exact) mass is 151 g/mol. The molecule has 0 aliphatic carbocycles. The lowest BCUT2D eigenvalue weighted by molar-refractivity contribution is 0.478. The highest BCUT2D eigenvalue weighted by Crippen LogP contribution is 2.19. The Morgan fingerprint density at radius 1 is 1.45 bits per heavy atom. The second-order valence-corrected chi connectivity index (χ2v) is 2.19. The highest BCUT2D eigenvalue weighted by atomic mass is 16.3. The third kappa shape index (κ3) is 1.40. The van der Waals surface area contributed by atoms with Crippen LogP contribution in [0.4, 0.5) is 5.69 Å². The zero-order valence-corrected chi connectivity index (χ0v) is 5.83. The van der Waals surface area contributed by atoms with E-state index in [4.69, 9.17) is 22.0 Å². The maximum absolute atomic E-state index is 9.07. The van der Waals surface area contributed by atoms with Gasteiger partial charge in [0.2, 0.25) is 0 Å². The first-order valence-electron chi connectivity index (χ1n) is 3.04. The first-order valence-corrected chi connectivity index (χ1v) is 3.04. The van der Waals surface area contributed by atoms with Crippen LogP contribution >= 0.6 is 0 Å². The van der Waals surface area contributed by atoms with Gasteiger partial charge in [-0.1, -0.05) is 0 Å². The maximum atomic E-state index is 9.07. The molecule has 0 saturated carbocycles. The standard InChI is InChI=1S/C7H9N3O/c8-5-2-1-4(7(9)10)3-6(5)11/h1-3,11H,8H2,(H3,9,10). The van der Waals surface area contributed by atoms with Gasteiger partial charge < -0.3 is 16.6 Å². The molecule has 0 heterocycles. The molecule has 4 nitrogen and oxygen atoms in total. The molecule has 11 heavy (non-hydrogen) atoms. The number of hydrogen-bond donors (Lipinski definition) is 4. The third-order valence-electron chi connectivity index (χ3n) is 1.34. The van der Waals surface area contributed by atoms with E-state index >= 15 is 0 Å². The Labute approximate surface area is 64.0 Å². The fraction of sp³-hybridized carbons (Fsp3) is 0. The van der Waals surface area contributed by atoms with Crippen LogP contribution in [0.5, 0.6) is 5.75 Å². The van der Waals surface area contributed by atoms with E-state index in [1.807, 2.05) is 0 Å². The zero-order chi connectivity index (χ0) is 8.43. The van der Waals surface area contributed by atoms with Crippen molar-refractivity contribution in [3.05, 3.63) is 23.8 Å². The summed E-state index contributed by atoms with van der Waals surface area (Å²) >= 11 is 0. The van der Waals surface area contributed by atoms with Gasteiger partial charge in [-0.15, -0.1) is 0 Å². The summed E-state index contributed by atoms with van der Waals surface area (Å²) in [5.41, 5.74) is 11.2. The van der Waals surface area contributed by atoms with Crippen molar-refractivity contribution in [1.29, 1.82) is 5.41 Å². The van der Waals surface area contributed by atoms with Crippen LogP contribution in [-0.2, 0) is 0 Å². The molecule has 1 aromatic rings. The minimum Gasteiger partial charge on any atom is -0.506 e. The van der Waals surface area contributed by atoms with E-state index in [-0.39, 0.29) is 17.3 Å². The van der Waals surface area contributed by atoms with Crippen molar-refractivity contribution < 1.29 is 5.11 Å². The molecule has 6 N–H and O–H groups in total. The summed E-state index contributed by atoms with van der Waals surface area (Å²) in [5, 5.41) is 16.1. The molecule has 0 fully saturated rings. The Kier molecular flexibility index (Phi) is 1.68. The molecule has 1 rings (SSSR count). The number of nitrogens with two attached hydrogens (primary N) is 2. The molecule has 0 amide bonds. The number of hydrogen-bond acceptors (Lipinski definition) is 3. The van der Waals surface area contributed by atoms with Gasteiger partial charge in [-0.3, -0.25) is 5.41 Å². The highest BCUT2D eigenvalue weighted by molar-refractivity contribution is 5.95. The van der Waals surface area contributed by atoms with Crippen molar-refractivity contribution in [3.8, 4) is 5.75 Å². The zero-order valence-electron chi connectivity index (χ0n) is 5.83. The maximum Gasteiger partial charge on any atom is 0.139 e. The summed E-state index contributed by atoms with van der Waals surface area (Å²) in [6.45, 7) is 0. The SMILES string of the molecule is N=C(N)c1ccc(N)c(O)c1. The largest absolute Gasteiger partial charge is 0.506 e. The van der Waals surface area contributed by atoms with Crippen LogP contribution in [0, 0.1) is 5.41 Å². The van der Waals surface area contributed by atoms with Crippen molar-refractivity contribution in [3.63, 3.8) is 0 Å². The normalized spacial score (nSPS) is 9.45. The number of aromatic hydroxyl groups is 1. The molecule has 0 bridgehead atoms. The average molecular weight is 151 g/mol. The molecule has 0 aromatic heterocycles. The second kappa shape index (κ2) is 2.49. The number of nitrogens with one attached hydrogen (secondary N) is 1. The smallest absolute Gasteiger partial charge is 0.139 e. The van der Waals surface area contributed by atoms with E-state index < -0.39 is 0 Å². The van der Waals surface area contributed by atoms with E-state index in [0.29, 0.717) is 5.56 Å². The molecule has 0 spiro atoms. The fourth-order valence-electron chi connectivity index (χ4n) is 0.711. The van der Waals surface area contributed by atoms with Crippen molar-refractivity contribution in [2.24, 2.45) is 5.73 Å². The number of rotatable bonds is 1. The van der Waals surface area contributed by atoms with Gasteiger partial charge in [0.1, 0.15) is 11.6 Å². The van der Waals surface area contributed by atoms with E-state index in [2.05, 4.69) is 0 Å². The Balaban J connectivity index is 3.15. The molecular weight excluding hydrogens is 142 g/mol. The van der Waals surface area contributed by atoms with Crippen LogP contribution in [0.2, 0.25) is 0 Å². The summed E-state index contributed by atoms with van der Waals surface area (Å²) in [6, 6.07) is 4.45. The van der Waals surface area contributed by atoms with Gasteiger partial charge in [0.05, 0.1) is 5.69 Å². The molecule has 0 saturated heterocycles. The van der Waals surface area contributed by atoms with E-state index in [1.165, 1.54) is 12.1 Å². The van der Waals surface area contributed by atoms with Crippen molar-refractivity contribution in [2.75, 3.05) is 5.73 Å². The molecule has 0 radical (unpaired) electrons. The average Bonchev–Trinajstić information content (AvgIpc) is 1.94. The summed E-state index contributed by atoms with van der Waals surface area (Å²) in [7, 11) is 0. The number of phenolic OH excluding ortho intramolecular Hbond substituents is 1. The summed E-state index contributed by atoms with van der Waals surface area (Å²) in [6.07, 6.45) is 0. The molecular formula is C7H9N3O. The molecule has 1 aromatic carbocycles. The van der Waals surface area contributed by atoms with Gasteiger partial charge in [0.15, 0.2) is 0 Å². The molecule has 0 aliphatic heterocycles. The number of anilines is 1. The van der Waals surface area contributed by atoms with Crippen LogP contribution in [-0.4, -0.2) is 10.9 Å². The van der Waals surface area contributed by atoms with Crippen LogP contribution in [0.25, 0.3) is 0 Å². The Bertz CT molecular complexity index is 296. The summed E-state index contributed by atoms with van der Waals surface area (Å²) in [4.78, 5) is 0. The number of amidine groups is 1. The predicted molar refractivity (Wildman–Crippen MR) is 43.5 cm³/mol. The third-order valence-corrected chi connectivity index (χ3v) is 1.34. The molecule has 0 aliphatic rings. The van der Waals surface area contributed by atoms with E-state index in [0.717, 1.165) is 0 Å². The van der Waals surface area contributed by atoms with Gasteiger partial charge >= 0.3 is 0 Å².